The number of halogens is 1. The number of nitrogens with zero attached hydrogens (tertiary/aromatic N) is 1. The molecule has 0 bridgehead atoms. The fourth-order valence-corrected chi connectivity index (χ4v) is 1.68. The predicted octanol–water partition coefficient (Wildman–Crippen LogP) is -0.477. The number of fused-ring (bicyclic) bond motifs is 1. The SMILES string of the molecule is Cl.N[C@H](Cn1c(=O)c(=O)[nH]c2ccccc21)C(=O)O. The van der Waals surface area contributed by atoms with Crippen molar-refractivity contribution in [2.45, 2.75) is 12.6 Å². The Morgan fingerprint density at radius 1 is 1.37 bits per heavy atom. The average Bonchev–Trinajstić information content (AvgIpc) is 2.34. The van der Waals surface area contributed by atoms with E-state index in [9.17, 15) is 14.4 Å². The molecule has 0 saturated carbocycles. The van der Waals surface area contributed by atoms with Crippen molar-refractivity contribution in [2.24, 2.45) is 5.73 Å². The molecule has 1 heterocycles. The lowest BCUT2D eigenvalue weighted by Crippen LogP contribution is -2.43. The smallest absolute Gasteiger partial charge is 0.322 e. The van der Waals surface area contributed by atoms with Crippen LogP contribution in [0.3, 0.4) is 0 Å². The summed E-state index contributed by atoms with van der Waals surface area (Å²) in [5.41, 5.74) is 4.67. The minimum absolute atomic E-state index is 0. The summed E-state index contributed by atoms with van der Waals surface area (Å²) in [5, 5.41) is 8.75. The Hall–Kier alpha value is -2.12. The molecule has 0 aliphatic rings. The van der Waals surface area contributed by atoms with Crippen molar-refractivity contribution in [2.75, 3.05) is 0 Å². The standard InChI is InChI=1S/C11H11N3O4.ClH/c12-6(11(17)18)5-14-8-4-2-1-3-7(8)13-9(15)10(14)16;/h1-4,6H,5,12H2,(H,13,15)(H,17,18);1H/t6-;/m1./s1. The number of carbonyl (C=O) groups is 1. The molecule has 0 aliphatic heterocycles. The van der Waals surface area contributed by atoms with E-state index in [0.29, 0.717) is 11.0 Å². The van der Waals surface area contributed by atoms with Crippen LogP contribution in [0.1, 0.15) is 0 Å². The van der Waals surface area contributed by atoms with Crippen molar-refractivity contribution >= 4 is 29.4 Å². The summed E-state index contributed by atoms with van der Waals surface area (Å²) in [7, 11) is 0. The molecule has 0 amide bonds. The number of carboxylic acid groups (broad SMARTS) is 1. The number of hydrogen-bond donors (Lipinski definition) is 3. The Morgan fingerprint density at radius 2 is 2.00 bits per heavy atom. The molecule has 7 nitrogen and oxygen atoms in total. The Morgan fingerprint density at radius 3 is 2.63 bits per heavy atom. The van der Waals surface area contributed by atoms with E-state index in [2.05, 4.69) is 4.98 Å². The van der Waals surface area contributed by atoms with Gasteiger partial charge in [0.15, 0.2) is 0 Å². The van der Waals surface area contributed by atoms with Gasteiger partial charge in [-0.15, -0.1) is 12.4 Å². The number of H-pyrrole nitrogens is 1. The van der Waals surface area contributed by atoms with Crippen molar-refractivity contribution in [3.05, 3.63) is 45.0 Å². The van der Waals surface area contributed by atoms with Crippen LogP contribution in [0.4, 0.5) is 0 Å². The highest BCUT2D eigenvalue weighted by molar-refractivity contribution is 5.85. The Balaban J connectivity index is 0.00000180. The number of aliphatic carboxylic acids is 1. The monoisotopic (exact) mass is 285 g/mol. The molecule has 2 aromatic rings. The van der Waals surface area contributed by atoms with Crippen LogP contribution in [0.15, 0.2) is 33.9 Å². The van der Waals surface area contributed by atoms with E-state index < -0.39 is 23.1 Å². The quantitative estimate of drug-likeness (QED) is 0.659. The van der Waals surface area contributed by atoms with Gasteiger partial charge in [0.1, 0.15) is 6.04 Å². The molecule has 0 saturated heterocycles. The zero-order valence-electron chi connectivity index (χ0n) is 9.70. The Kier molecular flexibility index (Phi) is 4.47. The van der Waals surface area contributed by atoms with Crippen molar-refractivity contribution < 1.29 is 9.90 Å². The molecule has 1 atom stereocenters. The first-order chi connectivity index (χ1) is 8.50. The van der Waals surface area contributed by atoms with Crippen molar-refractivity contribution in [1.29, 1.82) is 0 Å². The predicted molar refractivity (Wildman–Crippen MR) is 71.7 cm³/mol. The van der Waals surface area contributed by atoms with Gasteiger partial charge in [-0.05, 0) is 12.1 Å². The summed E-state index contributed by atoms with van der Waals surface area (Å²) in [4.78, 5) is 36.3. The summed E-state index contributed by atoms with van der Waals surface area (Å²) < 4.78 is 1.08. The van der Waals surface area contributed by atoms with Crippen molar-refractivity contribution in [3.63, 3.8) is 0 Å². The minimum atomic E-state index is -1.24. The van der Waals surface area contributed by atoms with E-state index in [-0.39, 0.29) is 19.0 Å². The molecule has 102 valence electrons. The van der Waals surface area contributed by atoms with Gasteiger partial charge in [0, 0.05) is 0 Å². The number of para-hydroxylation sites is 2. The largest absolute Gasteiger partial charge is 0.480 e. The normalized spacial score (nSPS) is 11.8. The third-order valence-corrected chi connectivity index (χ3v) is 2.58. The lowest BCUT2D eigenvalue weighted by atomic mass is 10.2. The van der Waals surface area contributed by atoms with Gasteiger partial charge in [-0.1, -0.05) is 12.1 Å². The molecule has 2 rings (SSSR count). The van der Waals surface area contributed by atoms with Crippen LogP contribution in [0.25, 0.3) is 11.0 Å². The number of nitrogens with two attached hydrogens (primary N) is 1. The van der Waals surface area contributed by atoms with E-state index in [1.807, 2.05) is 0 Å². The fraction of sp³-hybridized carbons (Fsp3) is 0.182. The molecule has 4 N–H and O–H groups in total. The molecular formula is C11H12ClN3O4. The molecule has 0 fully saturated rings. The Bertz CT molecular complexity index is 722. The van der Waals surface area contributed by atoms with Crippen LogP contribution in [0, 0.1) is 0 Å². The number of hydrogen-bond acceptors (Lipinski definition) is 4. The van der Waals surface area contributed by atoms with E-state index in [0.717, 1.165) is 4.57 Å². The second-order valence-corrected chi connectivity index (χ2v) is 3.83. The number of nitrogens with one attached hydrogen (secondary N) is 1. The van der Waals surface area contributed by atoms with Gasteiger partial charge in [-0.3, -0.25) is 19.0 Å². The van der Waals surface area contributed by atoms with Crippen LogP contribution in [0.2, 0.25) is 0 Å². The van der Waals surface area contributed by atoms with Gasteiger partial charge < -0.3 is 15.8 Å². The van der Waals surface area contributed by atoms with Crippen LogP contribution >= 0.6 is 12.4 Å². The van der Waals surface area contributed by atoms with Crippen molar-refractivity contribution in [1.82, 2.24) is 9.55 Å². The first-order valence-corrected chi connectivity index (χ1v) is 5.21. The summed E-state index contributed by atoms with van der Waals surface area (Å²) >= 11 is 0. The second kappa shape index (κ2) is 5.68. The van der Waals surface area contributed by atoms with Gasteiger partial charge in [-0.2, -0.15) is 0 Å². The fourth-order valence-electron chi connectivity index (χ4n) is 1.68. The first-order valence-electron chi connectivity index (χ1n) is 5.21. The average molecular weight is 286 g/mol. The second-order valence-electron chi connectivity index (χ2n) is 3.83. The van der Waals surface area contributed by atoms with Crippen LogP contribution < -0.4 is 16.9 Å². The molecule has 0 unspecified atom stereocenters. The maximum atomic E-state index is 11.7. The molecule has 0 radical (unpaired) electrons. The minimum Gasteiger partial charge on any atom is -0.480 e. The highest BCUT2D eigenvalue weighted by Gasteiger charge is 2.15. The maximum Gasteiger partial charge on any atom is 0.322 e. The molecule has 8 heteroatoms. The van der Waals surface area contributed by atoms with Gasteiger partial charge in [-0.25, -0.2) is 0 Å². The number of aromatic nitrogens is 2. The summed E-state index contributed by atoms with van der Waals surface area (Å²) in [6.45, 7) is -0.251. The van der Waals surface area contributed by atoms with Gasteiger partial charge in [0.05, 0.1) is 17.6 Å². The van der Waals surface area contributed by atoms with Gasteiger partial charge in [0.25, 0.3) is 0 Å². The molecule has 19 heavy (non-hydrogen) atoms. The summed E-state index contributed by atoms with van der Waals surface area (Å²) in [6.07, 6.45) is 0. The van der Waals surface area contributed by atoms with E-state index >= 15 is 0 Å². The van der Waals surface area contributed by atoms with Crippen LogP contribution in [-0.2, 0) is 11.3 Å². The number of carboxylic acids is 1. The van der Waals surface area contributed by atoms with E-state index in [4.69, 9.17) is 10.8 Å². The molecular weight excluding hydrogens is 274 g/mol. The van der Waals surface area contributed by atoms with Crippen LogP contribution in [0.5, 0.6) is 0 Å². The van der Waals surface area contributed by atoms with Crippen molar-refractivity contribution in [3.8, 4) is 0 Å². The third kappa shape index (κ3) is 2.83. The molecule has 1 aromatic carbocycles. The number of rotatable bonds is 3. The highest BCUT2D eigenvalue weighted by atomic mass is 35.5. The molecule has 1 aromatic heterocycles. The zero-order valence-corrected chi connectivity index (χ0v) is 10.5. The van der Waals surface area contributed by atoms with Gasteiger partial charge in [0.2, 0.25) is 0 Å². The van der Waals surface area contributed by atoms with E-state index in [1.165, 1.54) is 0 Å². The highest BCUT2D eigenvalue weighted by Crippen LogP contribution is 2.07. The van der Waals surface area contributed by atoms with Gasteiger partial charge >= 0.3 is 17.1 Å². The third-order valence-electron chi connectivity index (χ3n) is 2.58. The summed E-state index contributed by atoms with van der Waals surface area (Å²) in [5.74, 6) is -1.23. The molecule has 0 spiro atoms. The Labute approximate surface area is 113 Å². The first kappa shape index (κ1) is 14.9. The maximum absolute atomic E-state index is 11.7. The number of benzene rings is 1. The topological polar surface area (TPSA) is 118 Å². The number of aromatic amines is 1. The zero-order chi connectivity index (χ0) is 13.3. The molecule has 0 aliphatic carbocycles. The summed E-state index contributed by atoms with van der Waals surface area (Å²) in [6, 6.07) is 5.38. The lowest BCUT2D eigenvalue weighted by molar-refractivity contribution is -0.138. The lowest BCUT2D eigenvalue weighted by Gasteiger charge is -2.11. The van der Waals surface area contributed by atoms with E-state index in [1.54, 1.807) is 24.3 Å². The van der Waals surface area contributed by atoms with Crippen LogP contribution in [-0.4, -0.2) is 26.7 Å².